The highest BCUT2D eigenvalue weighted by molar-refractivity contribution is 5.88. The van der Waals surface area contributed by atoms with Gasteiger partial charge in [-0.2, -0.15) is 0 Å². The summed E-state index contributed by atoms with van der Waals surface area (Å²) in [4.78, 5) is 16.6. The number of hydrogen-bond donors (Lipinski definition) is 2. The zero-order valence-electron chi connectivity index (χ0n) is 12.0. The second kappa shape index (κ2) is 4.46. The lowest BCUT2D eigenvalue weighted by atomic mass is 9.74. The lowest BCUT2D eigenvalue weighted by Gasteiger charge is -2.43. The molecule has 1 aromatic heterocycles. The Morgan fingerprint density at radius 3 is 3.10 bits per heavy atom. The lowest BCUT2D eigenvalue weighted by molar-refractivity contribution is -0.131. The van der Waals surface area contributed by atoms with Gasteiger partial charge in [-0.1, -0.05) is 12.1 Å². The topological polar surface area (TPSA) is 56.3 Å². The summed E-state index contributed by atoms with van der Waals surface area (Å²) in [7, 11) is 2.10. The Bertz CT molecular complexity index is 759. The van der Waals surface area contributed by atoms with Crippen molar-refractivity contribution in [3.05, 3.63) is 47.2 Å². The molecule has 21 heavy (non-hydrogen) atoms. The lowest BCUT2D eigenvalue weighted by Crippen LogP contribution is -2.45. The molecule has 0 radical (unpaired) electrons. The van der Waals surface area contributed by atoms with E-state index >= 15 is 0 Å². The Kier molecular flexibility index (Phi) is 2.69. The molecule has 1 aromatic carbocycles. The third-order valence-corrected chi connectivity index (χ3v) is 4.94. The zero-order chi connectivity index (χ0) is 14.6. The summed E-state index contributed by atoms with van der Waals surface area (Å²) >= 11 is 0. The fraction of sp³-hybridized carbons (Fsp3) is 0.353. The maximum absolute atomic E-state index is 11.0. The number of hydrogen-bond acceptors (Lipinski definition) is 2. The molecule has 0 bridgehead atoms. The molecule has 108 valence electrons. The second-order valence-corrected chi connectivity index (χ2v) is 6.22. The number of nitrogens with zero attached hydrogens (tertiary/aromatic N) is 1. The number of likely N-dealkylation sites (tertiary alicyclic amines) is 1. The van der Waals surface area contributed by atoms with Gasteiger partial charge in [-0.15, -0.1) is 0 Å². The molecule has 4 rings (SSSR count). The predicted molar refractivity (Wildman–Crippen MR) is 81.5 cm³/mol. The monoisotopic (exact) mass is 282 g/mol. The van der Waals surface area contributed by atoms with Crippen molar-refractivity contribution in [3.8, 4) is 0 Å². The van der Waals surface area contributed by atoms with E-state index in [1.165, 1.54) is 28.1 Å². The SMILES string of the molecule is CN1C/C(=C\C(=O)O)C[C@@H]2c3cccc4[nH]cc(c34)C[C@H]21. The summed E-state index contributed by atoms with van der Waals surface area (Å²) in [6.45, 7) is 0.753. The second-order valence-electron chi connectivity index (χ2n) is 6.22. The summed E-state index contributed by atoms with van der Waals surface area (Å²) in [6, 6.07) is 6.87. The summed E-state index contributed by atoms with van der Waals surface area (Å²) in [5.41, 5.74) is 4.96. The highest BCUT2D eigenvalue weighted by Crippen LogP contribution is 2.43. The van der Waals surface area contributed by atoms with Crippen molar-refractivity contribution >= 4 is 16.9 Å². The van der Waals surface area contributed by atoms with E-state index in [9.17, 15) is 4.79 Å². The third kappa shape index (κ3) is 1.90. The van der Waals surface area contributed by atoms with Crippen LogP contribution in [0, 0.1) is 0 Å². The van der Waals surface area contributed by atoms with Crippen LogP contribution in [0.5, 0.6) is 0 Å². The molecule has 0 saturated carbocycles. The van der Waals surface area contributed by atoms with Crippen LogP contribution in [0.4, 0.5) is 0 Å². The van der Waals surface area contributed by atoms with Crippen molar-refractivity contribution in [2.75, 3.05) is 13.6 Å². The number of nitrogens with one attached hydrogen (secondary N) is 1. The molecule has 1 aliphatic carbocycles. The van der Waals surface area contributed by atoms with Gasteiger partial charge in [0.05, 0.1) is 0 Å². The number of carbonyl (C=O) groups is 1. The molecule has 2 aromatic rings. The number of carboxylic acid groups (broad SMARTS) is 1. The molecule has 4 heteroatoms. The maximum Gasteiger partial charge on any atom is 0.328 e. The van der Waals surface area contributed by atoms with E-state index in [4.69, 9.17) is 5.11 Å². The van der Waals surface area contributed by atoms with E-state index < -0.39 is 5.97 Å². The van der Waals surface area contributed by atoms with Crippen molar-refractivity contribution in [1.82, 2.24) is 9.88 Å². The molecule has 1 aliphatic heterocycles. The fourth-order valence-corrected chi connectivity index (χ4v) is 4.10. The van der Waals surface area contributed by atoms with Gasteiger partial charge in [0.1, 0.15) is 0 Å². The summed E-state index contributed by atoms with van der Waals surface area (Å²) in [6.07, 6.45) is 5.41. The van der Waals surface area contributed by atoms with E-state index in [1.807, 2.05) is 0 Å². The highest BCUT2D eigenvalue weighted by atomic mass is 16.4. The van der Waals surface area contributed by atoms with E-state index in [-0.39, 0.29) is 0 Å². The van der Waals surface area contributed by atoms with Crippen molar-refractivity contribution in [2.24, 2.45) is 0 Å². The average molecular weight is 282 g/mol. The first-order chi connectivity index (χ1) is 10.1. The van der Waals surface area contributed by atoms with E-state index in [0.29, 0.717) is 12.0 Å². The fourth-order valence-electron chi connectivity index (χ4n) is 4.10. The number of rotatable bonds is 1. The number of piperidine rings is 1. The van der Waals surface area contributed by atoms with Crippen molar-refractivity contribution in [1.29, 1.82) is 0 Å². The molecular weight excluding hydrogens is 264 g/mol. The van der Waals surface area contributed by atoms with Gasteiger partial charge in [0.15, 0.2) is 0 Å². The maximum atomic E-state index is 11.0. The van der Waals surface area contributed by atoms with Gasteiger partial charge in [0, 0.05) is 41.7 Å². The number of carboxylic acids is 1. The van der Waals surface area contributed by atoms with Crippen LogP contribution < -0.4 is 0 Å². The molecule has 2 aliphatic rings. The van der Waals surface area contributed by atoms with E-state index in [0.717, 1.165) is 25.0 Å². The molecular formula is C17H18N2O2. The summed E-state index contributed by atoms with van der Waals surface area (Å²) in [5, 5.41) is 10.4. The van der Waals surface area contributed by atoms with Gasteiger partial charge >= 0.3 is 5.97 Å². The smallest absolute Gasteiger partial charge is 0.328 e. The number of fused-ring (bicyclic) bond motifs is 2. The standard InChI is InChI=1S/C17H18N2O2/c1-19-9-10(6-16(20)21)5-13-12-3-2-4-14-17(12)11(8-18-14)7-15(13)19/h2-4,6,8,13,15,18H,5,7,9H2,1H3,(H,20,21)/b10-6-/t13-,15-/m1/s1. The number of aromatic amines is 1. The first-order valence-corrected chi connectivity index (χ1v) is 7.35. The third-order valence-electron chi connectivity index (χ3n) is 4.94. The molecule has 2 N–H and O–H groups in total. The first-order valence-electron chi connectivity index (χ1n) is 7.35. The Morgan fingerprint density at radius 1 is 1.43 bits per heavy atom. The number of aromatic nitrogens is 1. The Hall–Kier alpha value is -2.07. The van der Waals surface area contributed by atoms with Gasteiger partial charge in [0.2, 0.25) is 0 Å². The van der Waals surface area contributed by atoms with Crippen LogP contribution >= 0.6 is 0 Å². The minimum Gasteiger partial charge on any atom is -0.478 e. The molecule has 1 saturated heterocycles. The summed E-state index contributed by atoms with van der Waals surface area (Å²) < 4.78 is 0. The molecule has 1 fully saturated rings. The highest BCUT2D eigenvalue weighted by Gasteiger charge is 2.37. The van der Waals surface area contributed by atoms with Crippen LogP contribution in [0.25, 0.3) is 10.9 Å². The Labute approximate surface area is 123 Å². The number of aliphatic carboxylic acids is 1. The zero-order valence-corrected chi connectivity index (χ0v) is 12.0. The number of benzene rings is 1. The first kappa shape index (κ1) is 12.7. The van der Waals surface area contributed by atoms with Crippen LogP contribution in [-0.4, -0.2) is 40.6 Å². The predicted octanol–water partition coefficient (Wildman–Crippen LogP) is 2.52. The minimum atomic E-state index is -0.840. The van der Waals surface area contributed by atoms with Crippen LogP contribution in [0.3, 0.4) is 0 Å². The number of likely N-dealkylation sites (N-methyl/N-ethyl adjacent to an activating group) is 1. The average Bonchev–Trinajstić information content (AvgIpc) is 2.84. The largest absolute Gasteiger partial charge is 0.478 e. The van der Waals surface area contributed by atoms with Crippen LogP contribution in [0.2, 0.25) is 0 Å². The van der Waals surface area contributed by atoms with E-state index in [1.54, 1.807) is 0 Å². The van der Waals surface area contributed by atoms with Crippen LogP contribution in [-0.2, 0) is 11.2 Å². The van der Waals surface area contributed by atoms with Gasteiger partial charge in [-0.05, 0) is 42.7 Å². The summed E-state index contributed by atoms with van der Waals surface area (Å²) in [5.74, 6) is -0.449. The van der Waals surface area contributed by atoms with Gasteiger partial charge in [-0.3, -0.25) is 4.90 Å². The van der Waals surface area contributed by atoms with Crippen molar-refractivity contribution in [2.45, 2.75) is 24.8 Å². The minimum absolute atomic E-state index is 0.390. The van der Waals surface area contributed by atoms with Gasteiger partial charge < -0.3 is 10.1 Å². The van der Waals surface area contributed by atoms with Crippen LogP contribution in [0.15, 0.2) is 36.0 Å². The van der Waals surface area contributed by atoms with Gasteiger partial charge in [-0.25, -0.2) is 4.79 Å². The van der Waals surface area contributed by atoms with Crippen LogP contribution in [0.1, 0.15) is 23.5 Å². The van der Waals surface area contributed by atoms with Crippen molar-refractivity contribution < 1.29 is 9.90 Å². The number of H-pyrrole nitrogens is 1. The van der Waals surface area contributed by atoms with Gasteiger partial charge in [0.25, 0.3) is 0 Å². The normalized spacial score (nSPS) is 27.0. The van der Waals surface area contributed by atoms with E-state index in [2.05, 4.69) is 41.3 Å². The molecule has 0 unspecified atom stereocenters. The molecule has 2 atom stereocenters. The Balaban J connectivity index is 1.83. The molecule has 0 amide bonds. The Morgan fingerprint density at radius 2 is 2.29 bits per heavy atom. The molecule has 2 heterocycles. The molecule has 4 nitrogen and oxygen atoms in total. The quantitative estimate of drug-likeness (QED) is 0.790. The van der Waals surface area contributed by atoms with Crippen molar-refractivity contribution in [3.63, 3.8) is 0 Å². The molecule has 0 spiro atoms.